The van der Waals surface area contributed by atoms with Gasteiger partial charge in [-0.1, -0.05) is 183 Å². The monoisotopic (exact) mass is 918 g/mol. The van der Waals surface area contributed by atoms with E-state index in [1.165, 1.54) is 62.2 Å². The van der Waals surface area contributed by atoms with Gasteiger partial charge in [-0.2, -0.15) is 0 Å². The largest absolute Gasteiger partial charge is 0.370 e. The second-order valence-corrected chi connectivity index (χ2v) is 32.6. The Morgan fingerprint density at radius 3 is 1.60 bits per heavy atom. The number of benzene rings is 5. The fourth-order valence-corrected chi connectivity index (χ4v) is 15.9. The van der Waals surface area contributed by atoms with E-state index in [1.807, 2.05) is 0 Å². The molecule has 0 bridgehead atoms. The van der Waals surface area contributed by atoms with Crippen molar-refractivity contribution in [3.05, 3.63) is 238 Å². The highest BCUT2D eigenvalue weighted by Gasteiger charge is 2.58. The molecule has 2 saturated heterocycles. The van der Waals surface area contributed by atoms with E-state index in [1.54, 1.807) is 16.0 Å². The van der Waals surface area contributed by atoms with E-state index < -0.39 is 16.1 Å². The Labute approximate surface area is 406 Å². The minimum Gasteiger partial charge on any atom is -0.370 e. The zero-order valence-corrected chi connectivity index (χ0v) is 42.3. The summed E-state index contributed by atoms with van der Waals surface area (Å²) in [5, 5.41) is 3.15. The Bertz CT molecular complexity index is 3010. The van der Waals surface area contributed by atoms with Crippen molar-refractivity contribution < 1.29 is 0 Å². The standard InChI is InChI=1S/C62H62N4Si2/c1-67(2,3)47-27-29-49-41(35-47)39-63-40-42-36-53-51-31-34-57(65(45-23-15-9-16-24-45)46-25-17-10-18-26-46)60-54-37-48(68(4,5)6)28-32-55(54)66(62(51)60)58(53)38-52(42)50-30-33-56(59(49)61(50)63)64(43-19-11-7-12-20-43)44-21-13-8-14-22-44/h7-38,41-42,49,51-52,54-55,62H,39-40H2,1-6H3. The van der Waals surface area contributed by atoms with E-state index in [0.29, 0.717) is 29.6 Å². The quantitative estimate of drug-likeness (QED) is 0.144. The maximum Gasteiger partial charge on any atom is 0.0771 e. The number of nitrogens with zero attached hydrogens (tertiary/aromatic N) is 4. The Morgan fingerprint density at radius 1 is 0.485 bits per heavy atom. The van der Waals surface area contributed by atoms with Crippen LogP contribution in [0.5, 0.6) is 0 Å². The SMILES string of the molecule is C[Si](C)(C)C1=CC2CN3CC4C=C5C(=CC4c4ccc(N(c6ccccc6)c6ccccc6)c(c43)C2C=C1)N1C2C=CC([Si](C)(C)C)=CC2C2=C(N(c3ccccc3)c3ccccc3)C=CC5C21. The number of hydrogen-bond acceptors (Lipinski definition) is 4. The van der Waals surface area contributed by atoms with Gasteiger partial charge in [0.25, 0.3) is 0 Å². The molecule has 0 N–H and O–H groups in total. The lowest BCUT2D eigenvalue weighted by Gasteiger charge is -2.50. The molecule has 4 aliphatic carbocycles. The van der Waals surface area contributed by atoms with Crippen LogP contribution in [-0.2, 0) is 0 Å². The first-order chi connectivity index (χ1) is 33.0. The maximum atomic E-state index is 2.89. The number of fused-ring (bicyclic) bond motifs is 10. The van der Waals surface area contributed by atoms with E-state index in [2.05, 4.69) is 253 Å². The summed E-state index contributed by atoms with van der Waals surface area (Å²) in [5.41, 5.74) is 16.5. The van der Waals surface area contributed by atoms with Crippen LogP contribution in [0.2, 0.25) is 39.3 Å². The molecule has 0 spiro atoms. The van der Waals surface area contributed by atoms with Crippen LogP contribution in [-0.4, -0.2) is 46.2 Å². The third-order valence-electron chi connectivity index (χ3n) is 16.4. The number of para-hydroxylation sites is 4. The van der Waals surface area contributed by atoms with Crippen LogP contribution in [0.15, 0.2) is 227 Å². The second-order valence-electron chi connectivity index (χ2n) is 22.5. The zero-order valence-electron chi connectivity index (χ0n) is 40.3. The zero-order chi connectivity index (χ0) is 46.1. The van der Waals surface area contributed by atoms with E-state index in [-0.39, 0.29) is 18.0 Å². The van der Waals surface area contributed by atoms with E-state index in [9.17, 15) is 0 Å². The molecule has 13 rings (SSSR count). The van der Waals surface area contributed by atoms with Gasteiger partial charge in [-0.15, -0.1) is 0 Å². The van der Waals surface area contributed by atoms with Crippen LogP contribution in [0, 0.1) is 23.7 Å². The topological polar surface area (TPSA) is 13.0 Å². The second kappa shape index (κ2) is 15.6. The van der Waals surface area contributed by atoms with Crippen LogP contribution >= 0.6 is 0 Å². The first-order valence-corrected chi connectivity index (χ1v) is 32.2. The maximum absolute atomic E-state index is 2.89. The fourth-order valence-electron chi connectivity index (χ4n) is 13.3. The minimum atomic E-state index is -1.60. The molecule has 0 radical (unpaired) electrons. The third-order valence-corrected chi connectivity index (χ3v) is 20.6. The van der Waals surface area contributed by atoms with Crippen molar-refractivity contribution in [3.63, 3.8) is 0 Å². The van der Waals surface area contributed by atoms with Gasteiger partial charge in [0.1, 0.15) is 0 Å². The van der Waals surface area contributed by atoms with E-state index >= 15 is 0 Å². The molecule has 6 heteroatoms. The smallest absolute Gasteiger partial charge is 0.0771 e. The summed E-state index contributed by atoms with van der Waals surface area (Å²) in [4.78, 5) is 10.8. The molecule has 0 saturated carbocycles. The Kier molecular flexibility index (Phi) is 9.59. The number of rotatable bonds is 8. The molecule has 2 fully saturated rings. The summed E-state index contributed by atoms with van der Waals surface area (Å²) in [5.74, 6) is 1.99. The van der Waals surface area contributed by atoms with E-state index in [0.717, 1.165) is 13.1 Å². The molecule has 5 aromatic rings. The lowest BCUT2D eigenvalue weighted by molar-refractivity contribution is 0.303. The molecule has 8 aliphatic rings. The number of anilines is 6. The van der Waals surface area contributed by atoms with Gasteiger partial charge in [0.2, 0.25) is 0 Å². The van der Waals surface area contributed by atoms with Gasteiger partial charge in [0.15, 0.2) is 0 Å². The van der Waals surface area contributed by atoms with Crippen molar-refractivity contribution in [2.45, 2.75) is 63.2 Å². The predicted molar refractivity (Wildman–Crippen MR) is 291 cm³/mol. The molecule has 0 aromatic heterocycles. The summed E-state index contributed by atoms with van der Waals surface area (Å²) in [6.45, 7) is 17.1. The van der Waals surface area contributed by atoms with Crippen LogP contribution in [0.1, 0.15) is 23.0 Å². The molecule has 8 atom stereocenters. The third kappa shape index (κ3) is 6.50. The van der Waals surface area contributed by atoms with Gasteiger partial charge in [-0.25, -0.2) is 0 Å². The summed E-state index contributed by atoms with van der Waals surface area (Å²) in [7, 11) is -3.13. The van der Waals surface area contributed by atoms with Crippen molar-refractivity contribution in [2.24, 2.45) is 23.7 Å². The molecule has 4 nitrogen and oxygen atoms in total. The minimum absolute atomic E-state index is 0.257. The highest BCUT2D eigenvalue weighted by atomic mass is 28.3. The first-order valence-electron chi connectivity index (χ1n) is 25.2. The average molecular weight is 919 g/mol. The Hall–Kier alpha value is -6.35. The highest BCUT2D eigenvalue weighted by molar-refractivity contribution is 6.84. The van der Waals surface area contributed by atoms with Crippen molar-refractivity contribution in [1.29, 1.82) is 0 Å². The number of hydrogen-bond donors (Lipinski definition) is 0. The number of allylic oxidation sites excluding steroid dienone is 8. The molecule has 8 unspecified atom stereocenters. The van der Waals surface area contributed by atoms with Crippen molar-refractivity contribution >= 4 is 50.3 Å². The van der Waals surface area contributed by atoms with E-state index in [4.69, 9.17) is 0 Å². The Balaban J connectivity index is 0.986. The van der Waals surface area contributed by atoms with Crippen LogP contribution in [0.3, 0.4) is 0 Å². The Morgan fingerprint density at radius 2 is 1.01 bits per heavy atom. The summed E-state index contributed by atoms with van der Waals surface area (Å²) in [6, 6.07) is 49.8. The van der Waals surface area contributed by atoms with Gasteiger partial charge >= 0.3 is 0 Å². The van der Waals surface area contributed by atoms with Crippen LogP contribution in [0.4, 0.5) is 34.1 Å². The molecule has 4 aliphatic heterocycles. The molecule has 0 amide bonds. The van der Waals surface area contributed by atoms with Crippen molar-refractivity contribution in [2.75, 3.05) is 27.8 Å². The molecular formula is C62H62N4Si2. The molecule has 68 heavy (non-hydrogen) atoms. The van der Waals surface area contributed by atoms with Crippen molar-refractivity contribution in [3.8, 4) is 0 Å². The average Bonchev–Trinajstić information content (AvgIpc) is 3.86. The van der Waals surface area contributed by atoms with Crippen LogP contribution < -0.4 is 14.7 Å². The summed E-state index contributed by atoms with van der Waals surface area (Å²) >= 11 is 0. The van der Waals surface area contributed by atoms with Gasteiger partial charge in [0, 0.05) is 94.0 Å². The normalized spacial score (nSPS) is 26.9. The van der Waals surface area contributed by atoms with Gasteiger partial charge in [-0.05, 0) is 77.4 Å². The lowest BCUT2D eigenvalue weighted by atomic mass is 9.69. The van der Waals surface area contributed by atoms with Crippen molar-refractivity contribution in [1.82, 2.24) is 4.90 Å². The summed E-state index contributed by atoms with van der Waals surface area (Å²) < 4.78 is 0. The fraction of sp³-hybridized carbons (Fsp3) is 0.258. The van der Waals surface area contributed by atoms with Gasteiger partial charge in [0.05, 0.1) is 33.9 Å². The predicted octanol–water partition coefficient (Wildman–Crippen LogP) is 14.9. The van der Waals surface area contributed by atoms with Gasteiger partial charge in [-0.3, -0.25) is 0 Å². The van der Waals surface area contributed by atoms with Crippen LogP contribution in [0.25, 0.3) is 0 Å². The summed E-state index contributed by atoms with van der Waals surface area (Å²) in [6.07, 6.45) is 26.2. The highest BCUT2D eigenvalue weighted by Crippen LogP contribution is 2.62. The first kappa shape index (κ1) is 41.8. The lowest BCUT2D eigenvalue weighted by Crippen LogP contribution is -2.46. The molecule has 4 heterocycles. The molecule has 5 aromatic carbocycles. The van der Waals surface area contributed by atoms with Gasteiger partial charge < -0.3 is 19.6 Å². The molecular weight excluding hydrogens is 857 g/mol. The molecule has 338 valence electrons.